The maximum absolute atomic E-state index is 12.3. The van der Waals surface area contributed by atoms with E-state index in [0.717, 1.165) is 27.1 Å². The van der Waals surface area contributed by atoms with Crippen molar-refractivity contribution in [3.63, 3.8) is 0 Å². The van der Waals surface area contributed by atoms with Crippen LogP contribution in [0.4, 0.5) is 0 Å². The summed E-state index contributed by atoms with van der Waals surface area (Å²) in [5.41, 5.74) is 2.47. The zero-order valence-corrected chi connectivity index (χ0v) is 16.3. The van der Waals surface area contributed by atoms with Crippen LogP contribution in [0.2, 0.25) is 0 Å². The van der Waals surface area contributed by atoms with Gasteiger partial charge in [0.2, 0.25) is 0 Å². The molecule has 1 aliphatic carbocycles. The molecule has 1 fully saturated rings. The van der Waals surface area contributed by atoms with Crippen molar-refractivity contribution in [2.45, 2.75) is 36.7 Å². The fraction of sp³-hybridized carbons (Fsp3) is 0.263. The number of fused-ring (bicyclic) bond motifs is 1. The SMILES string of the molecule is Cc1ccn2c(=O)cc(CSc3nnc(-c4cccs4)n3C3CC3)nc2c1. The van der Waals surface area contributed by atoms with Crippen molar-refractivity contribution in [1.82, 2.24) is 24.1 Å². The van der Waals surface area contributed by atoms with E-state index < -0.39 is 0 Å². The predicted molar refractivity (Wildman–Crippen MR) is 107 cm³/mol. The van der Waals surface area contributed by atoms with Gasteiger partial charge < -0.3 is 0 Å². The normalized spacial score (nSPS) is 14.1. The van der Waals surface area contributed by atoms with Gasteiger partial charge in [-0.1, -0.05) is 17.8 Å². The number of pyridine rings is 1. The molecule has 0 N–H and O–H groups in total. The first-order chi connectivity index (χ1) is 13.2. The lowest BCUT2D eigenvalue weighted by atomic mass is 10.3. The highest BCUT2D eigenvalue weighted by molar-refractivity contribution is 7.98. The van der Waals surface area contributed by atoms with Crippen molar-refractivity contribution in [2.24, 2.45) is 0 Å². The number of hydrogen-bond donors (Lipinski definition) is 0. The average Bonchev–Trinajstić information content (AvgIpc) is 3.17. The van der Waals surface area contributed by atoms with Crippen LogP contribution < -0.4 is 5.56 Å². The Morgan fingerprint density at radius 1 is 1.26 bits per heavy atom. The second kappa shape index (κ2) is 6.61. The van der Waals surface area contributed by atoms with Crippen LogP contribution in [0.1, 0.15) is 30.1 Å². The van der Waals surface area contributed by atoms with Gasteiger partial charge in [-0.15, -0.1) is 21.5 Å². The molecule has 0 amide bonds. The van der Waals surface area contributed by atoms with Gasteiger partial charge in [0, 0.05) is 24.1 Å². The molecule has 0 bridgehead atoms. The van der Waals surface area contributed by atoms with Crippen LogP contribution >= 0.6 is 23.1 Å². The molecule has 6 nitrogen and oxygen atoms in total. The molecule has 0 saturated heterocycles. The van der Waals surface area contributed by atoms with Crippen molar-refractivity contribution in [3.05, 3.63) is 63.5 Å². The average molecular weight is 396 g/mol. The highest BCUT2D eigenvalue weighted by Gasteiger charge is 2.30. The molecule has 4 heterocycles. The minimum absolute atomic E-state index is 0.0569. The Labute approximate surface area is 163 Å². The molecular weight excluding hydrogens is 378 g/mol. The molecule has 1 saturated carbocycles. The zero-order chi connectivity index (χ0) is 18.4. The van der Waals surface area contributed by atoms with E-state index >= 15 is 0 Å². The summed E-state index contributed by atoms with van der Waals surface area (Å²) in [5, 5.41) is 11.8. The quantitative estimate of drug-likeness (QED) is 0.479. The lowest BCUT2D eigenvalue weighted by Crippen LogP contribution is -2.15. The fourth-order valence-corrected chi connectivity index (χ4v) is 4.68. The first-order valence-corrected chi connectivity index (χ1v) is 10.7. The van der Waals surface area contributed by atoms with E-state index in [1.54, 1.807) is 39.8 Å². The topological polar surface area (TPSA) is 65.1 Å². The van der Waals surface area contributed by atoms with Gasteiger partial charge in [0.15, 0.2) is 11.0 Å². The molecule has 4 aromatic heterocycles. The van der Waals surface area contributed by atoms with Crippen molar-refractivity contribution in [2.75, 3.05) is 0 Å². The molecule has 0 radical (unpaired) electrons. The molecule has 0 unspecified atom stereocenters. The van der Waals surface area contributed by atoms with Gasteiger partial charge in [0.1, 0.15) is 5.65 Å². The van der Waals surface area contributed by atoms with E-state index in [1.165, 1.54) is 12.8 Å². The number of nitrogens with zero attached hydrogens (tertiary/aromatic N) is 5. The Hall–Kier alpha value is -2.45. The Balaban J connectivity index is 1.45. The van der Waals surface area contributed by atoms with Crippen LogP contribution in [0.25, 0.3) is 16.3 Å². The number of thiophene rings is 1. The second-order valence-electron chi connectivity index (χ2n) is 6.69. The van der Waals surface area contributed by atoms with Gasteiger partial charge in [0.25, 0.3) is 5.56 Å². The fourth-order valence-electron chi connectivity index (χ4n) is 3.08. The van der Waals surface area contributed by atoms with Gasteiger partial charge >= 0.3 is 0 Å². The molecule has 0 aliphatic heterocycles. The van der Waals surface area contributed by atoms with E-state index in [1.807, 2.05) is 25.1 Å². The number of hydrogen-bond acceptors (Lipinski definition) is 6. The third kappa shape index (κ3) is 3.19. The monoisotopic (exact) mass is 395 g/mol. The lowest BCUT2D eigenvalue weighted by molar-refractivity contribution is 0.670. The molecule has 0 atom stereocenters. The minimum atomic E-state index is -0.0569. The molecule has 1 aliphatic rings. The van der Waals surface area contributed by atoms with Crippen LogP contribution in [0.3, 0.4) is 0 Å². The highest BCUT2D eigenvalue weighted by Crippen LogP contribution is 2.42. The molecular formula is C19H17N5OS2. The summed E-state index contributed by atoms with van der Waals surface area (Å²) in [6.45, 7) is 2.00. The van der Waals surface area contributed by atoms with E-state index in [0.29, 0.717) is 17.4 Å². The third-order valence-electron chi connectivity index (χ3n) is 4.54. The zero-order valence-electron chi connectivity index (χ0n) is 14.7. The van der Waals surface area contributed by atoms with E-state index in [-0.39, 0.29) is 5.56 Å². The number of aromatic nitrogens is 5. The smallest absolute Gasteiger partial charge is 0.258 e. The van der Waals surface area contributed by atoms with Crippen molar-refractivity contribution >= 4 is 28.7 Å². The summed E-state index contributed by atoms with van der Waals surface area (Å²) in [7, 11) is 0. The van der Waals surface area contributed by atoms with Crippen LogP contribution in [0.15, 0.2) is 51.9 Å². The Morgan fingerprint density at radius 2 is 2.15 bits per heavy atom. The van der Waals surface area contributed by atoms with E-state index in [2.05, 4.69) is 31.2 Å². The molecule has 0 aromatic carbocycles. The maximum atomic E-state index is 12.3. The van der Waals surface area contributed by atoms with Crippen LogP contribution in [0, 0.1) is 6.92 Å². The van der Waals surface area contributed by atoms with Crippen LogP contribution in [0.5, 0.6) is 0 Å². The minimum Gasteiger partial charge on any atom is -0.298 e. The third-order valence-corrected chi connectivity index (χ3v) is 6.39. The van der Waals surface area contributed by atoms with Gasteiger partial charge in [-0.05, 0) is 48.9 Å². The van der Waals surface area contributed by atoms with Crippen molar-refractivity contribution in [1.29, 1.82) is 0 Å². The Bertz CT molecular complexity index is 1170. The highest BCUT2D eigenvalue weighted by atomic mass is 32.2. The van der Waals surface area contributed by atoms with Crippen molar-refractivity contribution < 1.29 is 0 Å². The summed E-state index contributed by atoms with van der Waals surface area (Å²) < 4.78 is 3.82. The molecule has 8 heteroatoms. The standard InChI is InChI=1S/C19H17N5OS2/c1-12-6-7-23-16(9-12)20-13(10-17(23)25)11-27-19-22-21-18(15-3-2-8-26-15)24(19)14-4-5-14/h2-3,6-10,14H,4-5,11H2,1H3. The van der Waals surface area contributed by atoms with Gasteiger partial charge in [-0.25, -0.2) is 4.98 Å². The summed E-state index contributed by atoms with van der Waals surface area (Å²) in [5.74, 6) is 1.53. The summed E-state index contributed by atoms with van der Waals surface area (Å²) >= 11 is 3.27. The van der Waals surface area contributed by atoms with Gasteiger partial charge in [0.05, 0.1) is 10.6 Å². The predicted octanol–water partition coefficient (Wildman–Crippen LogP) is 3.95. The first kappa shape index (κ1) is 16.7. The van der Waals surface area contributed by atoms with E-state index in [4.69, 9.17) is 0 Å². The van der Waals surface area contributed by atoms with Crippen LogP contribution in [-0.4, -0.2) is 24.1 Å². The molecule has 5 rings (SSSR count). The second-order valence-corrected chi connectivity index (χ2v) is 8.58. The molecule has 136 valence electrons. The van der Waals surface area contributed by atoms with Gasteiger partial charge in [-0.2, -0.15) is 0 Å². The Kier molecular flexibility index (Phi) is 4.09. The first-order valence-electron chi connectivity index (χ1n) is 8.79. The number of rotatable bonds is 5. The number of aryl methyl sites for hydroxylation is 1. The van der Waals surface area contributed by atoms with Gasteiger partial charge in [-0.3, -0.25) is 13.8 Å². The molecule has 0 spiro atoms. The summed E-state index contributed by atoms with van der Waals surface area (Å²) in [4.78, 5) is 18.1. The van der Waals surface area contributed by atoms with E-state index in [9.17, 15) is 4.79 Å². The summed E-state index contributed by atoms with van der Waals surface area (Å²) in [6.07, 6.45) is 4.10. The number of thioether (sulfide) groups is 1. The molecule has 27 heavy (non-hydrogen) atoms. The lowest BCUT2D eigenvalue weighted by Gasteiger charge is -2.08. The van der Waals surface area contributed by atoms with Crippen molar-refractivity contribution in [3.8, 4) is 10.7 Å². The maximum Gasteiger partial charge on any atom is 0.258 e. The van der Waals surface area contributed by atoms with Crippen LogP contribution in [-0.2, 0) is 5.75 Å². The Morgan fingerprint density at radius 3 is 2.93 bits per heavy atom. The molecule has 4 aromatic rings. The largest absolute Gasteiger partial charge is 0.298 e. The summed E-state index contributed by atoms with van der Waals surface area (Å²) in [6, 6.07) is 10.0.